The van der Waals surface area contributed by atoms with Gasteiger partial charge >= 0.3 is 0 Å². The Morgan fingerprint density at radius 3 is 2.57 bits per heavy atom. The molecule has 186 valence electrons. The third kappa shape index (κ3) is 5.82. The van der Waals surface area contributed by atoms with Gasteiger partial charge in [-0.25, -0.2) is 4.39 Å². The summed E-state index contributed by atoms with van der Waals surface area (Å²) in [4.78, 5) is 19.5. The summed E-state index contributed by atoms with van der Waals surface area (Å²) in [6.45, 7) is 6.67. The third-order valence-electron chi connectivity index (χ3n) is 6.81. The number of piperidine rings is 1. The maximum absolute atomic E-state index is 14.0. The minimum atomic E-state index is -0.155. The highest BCUT2D eigenvalue weighted by Crippen LogP contribution is 2.28. The summed E-state index contributed by atoms with van der Waals surface area (Å²) in [6.07, 6.45) is 6.71. The summed E-state index contributed by atoms with van der Waals surface area (Å²) in [7, 11) is 0. The molecule has 4 heterocycles. The van der Waals surface area contributed by atoms with Crippen LogP contribution in [0.5, 0.6) is 0 Å². The van der Waals surface area contributed by atoms with Crippen LogP contribution in [-0.2, 0) is 4.79 Å². The van der Waals surface area contributed by atoms with Gasteiger partial charge < -0.3 is 15.1 Å². The van der Waals surface area contributed by atoms with Crippen molar-refractivity contribution in [1.82, 2.24) is 25.0 Å². The maximum atomic E-state index is 14.0. The van der Waals surface area contributed by atoms with Gasteiger partial charge in [-0.15, -0.1) is 10.2 Å². The molecule has 0 unspecified atom stereocenters. The van der Waals surface area contributed by atoms with Gasteiger partial charge in [-0.3, -0.25) is 14.3 Å². The van der Waals surface area contributed by atoms with Crippen LogP contribution in [0.2, 0.25) is 0 Å². The number of nitrogens with one attached hydrogen (secondary N) is 1. The first kappa shape index (κ1) is 23.7. The summed E-state index contributed by atoms with van der Waals surface area (Å²) in [5.74, 6) is -0.0429. The summed E-state index contributed by atoms with van der Waals surface area (Å²) in [5.41, 5.74) is 0.690. The van der Waals surface area contributed by atoms with E-state index in [0.29, 0.717) is 18.8 Å². The Morgan fingerprint density at radius 1 is 1.00 bits per heavy atom. The lowest BCUT2D eigenvalue weighted by molar-refractivity contribution is -0.125. The van der Waals surface area contributed by atoms with E-state index in [9.17, 15) is 9.18 Å². The zero-order chi connectivity index (χ0) is 24.0. The van der Waals surface area contributed by atoms with Crippen molar-refractivity contribution in [3.8, 4) is 5.13 Å². The van der Waals surface area contributed by atoms with Crippen molar-refractivity contribution in [2.45, 2.75) is 19.3 Å². The molecular weight excluding hydrogens is 465 g/mol. The molecule has 1 amide bonds. The van der Waals surface area contributed by atoms with Gasteiger partial charge in [0, 0.05) is 58.2 Å². The fraction of sp³-hybridized carbons (Fsp3) is 0.480. The Balaban J connectivity index is 1.02. The lowest BCUT2D eigenvalue weighted by atomic mass is 9.97. The molecular formula is C25H32FN7OS. The smallest absolute Gasteiger partial charge is 0.224 e. The average molecular weight is 498 g/mol. The highest BCUT2D eigenvalue weighted by molar-refractivity contribution is 7.17. The average Bonchev–Trinajstić information content (AvgIpc) is 3.60. The first-order valence-electron chi connectivity index (χ1n) is 12.4. The van der Waals surface area contributed by atoms with E-state index in [2.05, 4.69) is 30.2 Å². The molecule has 8 nitrogen and oxygen atoms in total. The zero-order valence-electron chi connectivity index (χ0n) is 19.9. The van der Waals surface area contributed by atoms with Crippen LogP contribution in [0.4, 0.5) is 15.2 Å². The van der Waals surface area contributed by atoms with Gasteiger partial charge in [0.1, 0.15) is 5.82 Å². The largest absolute Gasteiger partial charge is 0.367 e. The Morgan fingerprint density at radius 2 is 1.77 bits per heavy atom. The normalized spacial score (nSPS) is 19.2. The molecule has 1 aromatic carbocycles. The molecule has 0 saturated carbocycles. The van der Waals surface area contributed by atoms with E-state index in [1.807, 2.05) is 41.2 Å². The van der Waals surface area contributed by atoms with Crippen molar-refractivity contribution in [2.24, 2.45) is 5.92 Å². The second-order valence-electron chi connectivity index (χ2n) is 9.17. The number of para-hydroxylation sites is 1. The van der Waals surface area contributed by atoms with Crippen LogP contribution in [0, 0.1) is 11.7 Å². The van der Waals surface area contributed by atoms with Crippen LogP contribution >= 0.6 is 11.3 Å². The van der Waals surface area contributed by atoms with E-state index in [1.54, 1.807) is 17.4 Å². The number of amides is 1. The van der Waals surface area contributed by atoms with E-state index < -0.39 is 0 Å². The zero-order valence-corrected chi connectivity index (χ0v) is 20.7. The molecule has 5 rings (SSSR count). The molecule has 2 fully saturated rings. The van der Waals surface area contributed by atoms with Crippen LogP contribution < -0.4 is 15.1 Å². The number of carbonyl (C=O) groups excluding carboxylic acids is 1. The predicted octanol–water partition coefficient (Wildman–Crippen LogP) is 3.01. The molecule has 3 aromatic rings. The highest BCUT2D eigenvalue weighted by Gasteiger charge is 2.27. The minimum Gasteiger partial charge on any atom is -0.367 e. The number of rotatable bonds is 8. The van der Waals surface area contributed by atoms with Crippen LogP contribution in [0.15, 0.2) is 48.8 Å². The standard InChI is InChI=1S/C25H32FN7OS/c26-21-8-1-2-9-22(21)31-17-15-30(16-18-31)11-6-10-27-23(34)20-7-5-14-33(19-20)25-29-28-24(35-25)32-12-3-4-13-32/h1-4,8-9,12-13,20H,5-7,10-11,14-19H2,(H,27,34)/t20-/m1/s1. The van der Waals surface area contributed by atoms with Crippen LogP contribution in [0.3, 0.4) is 0 Å². The topological polar surface area (TPSA) is 69.5 Å². The summed E-state index contributed by atoms with van der Waals surface area (Å²) >= 11 is 1.55. The molecule has 2 aromatic heterocycles. The van der Waals surface area contributed by atoms with Gasteiger partial charge in [0.25, 0.3) is 0 Å². The Kier molecular flexibility index (Phi) is 7.58. The SMILES string of the molecule is O=C(NCCCN1CCN(c2ccccc2F)CC1)[C@@H]1CCCN(c2nnc(-n3cccc3)s2)C1. The molecule has 0 aliphatic carbocycles. The van der Waals surface area contributed by atoms with Crippen molar-refractivity contribution in [2.75, 3.05) is 62.2 Å². The van der Waals surface area contributed by atoms with Gasteiger partial charge in [-0.2, -0.15) is 0 Å². The number of benzene rings is 1. The van der Waals surface area contributed by atoms with Crippen molar-refractivity contribution in [3.05, 3.63) is 54.6 Å². The molecule has 0 radical (unpaired) electrons. The van der Waals surface area contributed by atoms with E-state index in [0.717, 1.165) is 68.8 Å². The number of halogens is 1. The second-order valence-corrected chi connectivity index (χ2v) is 10.1. The van der Waals surface area contributed by atoms with Crippen LogP contribution in [0.25, 0.3) is 5.13 Å². The lowest BCUT2D eigenvalue weighted by Gasteiger charge is -2.36. The first-order valence-corrected chi connectivity index (χ1v) is 13.2. The van der Waals surface area contributed by atoms with Crippen LogP contribution in [0.1, 0.15) is 19.3 Å². The van der Waals surface area contributed by atoms with E-state index in [-0.39, 0.29) is 17.6 Å². The molecule has 35 heavy (non-hydrogen) atoms. The lowest BCUT2D eigenvalue weighted by Crippen LogP contribution is -2.47. The molecule has 10 heteroatoms. The fourth-order valence-electron chi connectivity index (χ4n) is 4.85. The molecule has 2 aliphatic heterocycles. The number of carbonyl (C=O) groups is 1. The minimum absolute atomic E-state index is 0.0213. The second kappa shape index (κ2) is 11.2. The van der Waals surface area contributed by atoms with Crippen LogP contribution in [-0.4, -0.2) is 77.9 Å². The molecule has 1 atom stereocenters. The number of hydrogen-bond acceptors (Lipinski definition) is 7. The van der Waals surface area contributed by atoms with Crippen molar-refractivity contribution in [1.29, 1.82) is 0 Å². The molecule has 2 aliphatic rings. The highest BCUT2D eigenvalue weighted by atomic mass is 32.1. The molecule has 0 spiro atoms. The summed E-state index contributed by atoms with van der Waals surface area (Å²) in [5, 5.41) is 13.5. The van der Waals surface area contributed by atoms with Gasteiger partial charge in [0.05, 0.1) is 11.6 Å². The fourth-order valence-corrected chi connectivity index (χ4v) is 5.69. The number of hydrogen-bond donors (Lipinski definition) is 1. The molecule has 0 bridgehead atoms. The first-order chi connectivity index (χ1) is 17.2. The number of anilines is 2. The third-order valence-corrected chi connectivity index (χ3v) is 7.80. The van der Waals surface area contributed by atoms with Gasteiger partial charge in [-0.05, 0) is 50.1 Å². The molecule has 1 N–H and O–H groups in total. The molecule has 2 saturated heterocycles. The van der Waals surface area contributed by atoms with E-state index in [4.69, 9.17) is 0 Å². The number of piperazine rings is 1. The van der Waals surface area contributed by atoms with E-state index in [1.165, 1.54) is 6.07 Å². The van der Waals surface area contributed by atoms with Gasteiger partial charge in [0.15, 0.2) is 0 Å². The maximum Gasteiger partial charge on any atom is 0.224 e. The summed E-state index contributed by atoms with van der Waals surface area (Å²) < 4.78 is 16.0. The number of nitrogens with zero attached hydrogens (tertiary/aromatic N) is 6. The predicted molar refractivity (Wildman–Crippen MR) is 137 cm³/mol. The van der Waals surface area contributed by atoms with Crippen molar-refractivity contribution < 1.29 is 9.18 Å². The Hall–Kier alpha value is -2.98. The Labute approximate surface area is 209 Å². The Bertz CT molecular complexity index is 1100. The quantitative estimate of drug-likeness (QED) is 0.483. The van der Waals surface area contributed by atoms with Crippen molar-refractivity contribution in [3.63, 3.8) is 0 Å². The monoisotopic (exact) mass is 497 g/mol. The number of aromatic nitrogens is 3. The van der Waals surface area contributed by atoms with E-state index >= 15 is 0 Å². The van der Waals surface area contributed by atoms with Gasteiger partial charge in [-0.1, -0.05) is 23.5 Å². The summed E-state index contributed by atoms with van der Waals surface area (Å²) in [6, 6.07) is 10.9. The van der Waals surface area contributed by atoms with Gasteiger partial charge in [0.2, 0.25) is 16.2 Å². The van der Waals surface area contributed by atoms with Crippen molar-refractivity contribution >= 4 is 28.1 Å².